The first-order valence-electron chi connectivity index (χ1n) is 14.5. The number of halogens is 3. The van der Waals surface area contributed by atoms with Gasteiger partial charge in [0.1, 0.15) is 11.4 Å². The number of carbonyl (C=O) groups excluding carboxylic acids is 1. The molecular weight excluding hydrogens is 577 g/mol. The minimum absolute atomic E-state index is 0.219. The van der Waals surface area contributed by atoms with E-state index in [0.717, 1.165) is 34.1 Å². The molecule has 1 aliphatic carbocycles. The van der Waals surface area contributed by atoms with Crippen molar-refractivity contribution in [1.82, 2.24) is 5.32 Å². The minimum Gasteiger partial charge on any atom is -0.377 e. The summed E-state index contributed by atoms with van der Waals surface area (Å²) in [5, 5.41) is 28.0. The highest BCUT2D eigenvalue weighted by Crippen LogP contribution is 2.36. The molecule has 1 amide bonds. The minimum atomic E-state index is -4.95. The van der Waals surface area contributed by atoms with Crippen LogP contribution in [0.2, 0.25) is 0 Å². The van der Waals surface area contributed by atoms with Crippen molar-refractivity contribution in [2.75, 3.05) is 36.2 Å². The van der Waals surface area contributed by atoms with Crippen molar-refractivity contribution in [2.24, 2.45) is 5.92 Å². The summed E-state index contributed by atoms with van der Waals surface area (Å²) in [5.41, 5.74) is 1.72. The molecule has 0 saturated heterocycles. The standard InChI is InChI=1S/C35H33F3N6O/c1-44(2)31-16-15-29(27-11-3-4-12-28(27)31)33(41-21-22-13-14-22)24-8-6-10-26(18-24)43-34(45)30(19-32(40)35(36,37)38)42-25-9-5-7-23(17-25)20-39/h3-12,15-19,22,33,40-42H,13-14,21H2,1-2H3,(H,43,45)/b30-19-,40-32?. The third-order valence-corrected chi connectivity index (χ3v) is 7.62. The molecule has 0 aromatic heterocycles. The van der Waals surface area contributed by atoms with E-state index >= 15 is 0 Å². The number of nitrogens with one attached hydrogen (secondary N) is 4. The van der Waals surface area contributed by atoms with Gasteiger partial charge in [0.25, 0.3) is 5.91 Å². The Morgan fingerprint density at radius 1 is 0.978 bits per heavy atom. The van der Waals surface area contributed by atoms with Gasteiger partial charge in [-0.2, -0.15) is 18.4 Å². The first-order chi connectivity index (χ1) is 21.5. The number of fused-ring (bicyclic) bond motifs is 1. The molecule has 1 fully saturated rings. The molecule has 0 spiro atoms. The Bertz CT molecular complexity index is 1800. The van der Waals surface area contributed by atoms with Gasteiger partial charge in [0.05, 0.1) is 17.7 Å². The third-order valence-electron chi connectivity index (χ3n) is 7.62. The summed E-state index contributed by atoms with van der Waals surface area (Å²) >= 11 is 0. The summed E-state index contributed by atoms with van der Waals surface area (Å²) in [4.78, 5) is 15.5. The molecule has 4 N–H and O–H groups in total. The first-order valence-corrected chi connectivity index (χ1v) is 14.5. The molecule has 4 aromatic carbocycles. The fourth-order valence-electron chi connectivity index (χ4n) is 5.16. The van der Waals surface area contributed by atoms with Crippen LogP contribution in [-0.4, -0.2) is 38.4 Å². The number of nitrogens with zero attached hydrogens (tertiary/aromatic N) is 2. The molecule has 7 nitrogen and oxygen atoms in total. The zero-order valence-electron chi connectivity index (χ0n) is 24.9. The van der Waals surface area contributed by atoms with Gasteiger partial charge in [-0.05, 0) is 84.3 Å². The van der Waals surface area contributed by atoms with Gasteiger partial charge in [-0.3, -0.25) is 10.2 Å². The highest BCUT2D eigenvalue weighted by atomic mass is 19.4. The largest absolute Gasteiger partial charge is 0.432 e. The van der Waals surface area contributed by atoms with E-state index in [1.807, 2.05) is 38.4 Å². The van der Waals surface area contributed by atoms with Crippen LogP contribution >= 0.6 is 0 Å². The lowest BCUT2D eigenvalue weighted by molar-refractivity contribution is -0.112. The molecule has 4 aromatic rings. The van der Waals surface area contributed by atoms with Gasteiger partial charge in [-0.15, -0.1) is 0 Å². The van der Waals surface area contributed by atoms with Crippen LogP contribution in [0.25, 0.3) is 10.8 Å². The smallest absolute Gasteiger partial charge is 0.377 e. The average Bonchev–Trinajstić information content (AvgIpc) is 3.85. The fourth-order valence-corrected chi connectivity index (χ4v) is 5.16. The lowest BCUT2D eigenvalue weighted by Gasteiger charge is -2.24. The lowest BCUT2D eigenvalue weighted by Crippen LogP contribution is -2.26. The molecule has 0 radical (unpaired) electrons. The predicted octanol–water partition coefficient (Wildman–Crippen LogP) is 7.38. The van der Waals surface area contributed by atoms with Gasteiger partial charge in [-0.25, -0.2) is 0 Å². The number of hydrogen-bond acceptors (Lipinski definition) is 6. The van der Waals surface area contributed by atoms with Crippen LogP contribution < -0.4 is 20.9 Å². The quantitative estimate of drug-likeness (QED) is 0.105. The summed E-state index contributed by atoms with van der Waals surface area (Å²) < 4.78 is 39.9. The highest BCUT2D eigenvalue weighted by Gasteiger charge is 2.33. The molecule has 1 unspecified atom stereocenters. The summed E-state index contributed by atoms with van der Waals surface area (Å²) in [6.07, 6.45) is -2.17. The fraction of sp³-hybridized carbons (Fsp3) is 0.229. The number of nitriles is 1. The Kier molecular flexibility index (Phi) is 9.21. The van der Waals surface area contributed by atoms with E-state index in [1.165, 1.54) is 31.0 Å². The number of alkyl halides is 3. The van der Waals surface area contributed by atoms with Crippen molar-refractivity contribution in [3.63, 3.8) is 0 Å². The second kappa shape index (κ2) is 13.2. The molecule has 10 heteroatoms. The van der Waals surface area contributed by atoms with Gasteiger partial charge in [0, 0.05) is 36.5 Å². The maximum absolute atomic E-state index is 13.4. The molecule has 0 bridgehead atoms. The lowest BCUT2D eigenvalue weighted by atomic mass is 9.92. The Morgan fingerprint density at radius 2 is 1.67 bits per heavy atom. The number of hydrogen-bond donors (Lipinski definition) is 4. The molecule has 5 rings (SSSR count). The van der Waals surface area contributed by atoms with Crippen LogP contribution in [0.1, 0.15) is 35.6 Å². The maximum atomic E-state index is 13.4. The van der Waals surface area contributed by atoms with Crippen LogP contribution in [0.15, 0.2) is 96.7 Å². The maximum Gasteiger partial charge on any atom is 0.432 e. The molecule has 45 heavy (non-hydrogen) atoms. The van der Waals surface area contributed by atoms with E-state index in [9.17, 15) is 23.2 Å². The van der Waals surface area contributed by atoms with E-state index in [0.29, 0.717) is 17.7 Å². The van der Waals surface area contributed by atoms with Crippen molar-refractivity contribution in [3.8, 4) is 6.07 Å². The molecule has 1 saturated carbocycles. The van der Waals surface area contributed by atoms with E-state index in [-0.39, 0.29) is 17.3 Å². The number of carbonyl (C=O) groups is 1. The zero-order chi connectivity index (χ0) is 32.1. The molecule has 0 heterocycles. The summed E-state index contributed by atoms with van der Waals surface area (Å²) in [5.74, 6) is -0.267. The van der Waals surface area contributed by atoms with Crippen LogP contribution in [0.3, 0.4) is 0 Å². The molecule has 1 atom stereocenters. The van der Waals surface area contributed by atoms with E-state index in [2.05, 4.69) is 45.1 Å². The zero-order valence-corrected chi connectivity index (χ0v) is 24.9. The monoisotopic (exact) mass is 610 g/mol. The molecular formula is C35H33F3N6O. The Labute approximate surface area is 259 Å². The highest BCUT2D eigenvalue weighted by molar-refractivity contribution is 6.11. The number of benzene rings is 4. The molecule has 1 aliphatic rings. The predicted molar refractivity (Wildman–Crippen MR) is 173 cm³/mol. The van der Waals surface area contributed by atoms with Crippen LogP contribution in [0, 0.1) is 22.7 Å². The van der Waals surface area contributed by atoms with Gasteiger partial charge in [0.15, 0.2) is 0 Å². The average molecular weight is 611 g/mol. The van der Waals surface area contributed by atoms with Crippen LogP contribution in [0.5, 0.6) is 0 Å². The van der Waals surface area contributed by atoms with E-state index in [4.69, 9.17) is 5.41 Å². The Morgan fingerprint density at radius 3 is 2.33 bits per heavy atom. The summed E-state index contributed by atoms with van der Waals surface area (Å²) in [6, 6.07) is 27.3. The van der Waals surface area contributed by atoms with Gasteiger partial charge in [-0.1, -0.05) is 48.5 Å². The van der Waals surface area contributed by atoms with Crippen molar-refractivity contribution in [3.05, 3.63) is 113 Å². The van der Waals surface area contributed by atoms with Crippen molar-refractivity contribution >= 4 is 39.5 Å². The van der Waals surface area contributed by atoms with Gasteiger partial charge >= 0.3 is 6.18 Å². The third kappa shape index (κ3) is 7.69. The number of anilines is 3. The number of rotatable bonds is 11. The van der Waals surface area contributed by atoms with Crippen molar-refractivity contribution < 1.29 is 18.0 Å². The van der Waals surface area contributed by atoms with Gasteiger partial charge in [0.2, 0.25) is 0 Å². The topological polar surface area (TPSA) is 104 Å². The van der Waals surface area contributed by atoms with E-state index in [1.54, 1.807) is 24.3 Å². The SMILES string of the molecule is CN(C)c1ccc(C(NCC2CC2)c2cccc(NC(=O)/C(=C/C(=N)C(F)(F)F)Nc3cccc(C#N)c3)c2)c2ccccc12. The second-order valence-electron chi connectivity index (χ2n) is 11.3. The van der Waals surface area contributed by atoms with Crippen molar-refractivity contribution in [1.29, 1.82) is 10.7 Å². The Balaban J connectivity index is 1.48. The van der Waals surface area contributed by atoms with Crippen LogP contribution in [0.4, 0.5) is 30.2 Å². The van der Waals surface area contributed by atoms with Crippen LogP contribution in [-0.2, 0) is 4.79 Å². The summed E-state index contributed by atoms with van der Waals surface area (Å²) in [7, 11) is 4.01. The summed E-state index contributed by atoms with van der Waals surface area (Å²) in [6.45, 7) is 0.823. The number of allylic oxidation sites excluding steroid dienone is 1. The molecule has 230 valence electrons. The van der Waals surface area contributed by atoms with Crippen molar-refractivity contribution in [2.45, 2.75) is 25.1 Å². The van der Waals surface area contributed by atoms with E-state index < -0.39 is 23.5 Å². The van der Waals surface area contributed by atoms with Gasteiger partial charge < -0.3 is 20.9 Å². The first kappa shape index (κ1) is 31.3. The molecule has 0 aliphatic heterocycles. The normalized spacial score (nSPS) is 14.0. The second-order valence-corrected chi connectivity index (χ2v) is 11.3. The Hall–Kier alpha value is -5.14. The number of amides is 1.